The van der Waals surface area contributed by atoms with Crippen molar-refractivity contribution in [2.24, 2.45) is 0 Å². The van der Waals surface area contributed by atoms with Crippen molar-refractivity contribution in [3.8, 4) is 34.0 Å². The Labute approximate surface area is 190 Å². The van der Waals surface area contributed by atoms with Gasteiger partial charge < -0.3 is 4.57 Å². The van der Waals surface area contributed by atoms with Crippen molar-refractivity contribution in [3.05, 3.63) is 108 Å². The molecule has 0 aliphatic heterocycles. The van der Waals surface area contributed by atoms with Crippen molar-refractivity contribution >= 4 is 38.3 Å². The average molecular weight is 417 g/mol. The van der Waals surface area contributed by atoms with Gasteiger partial charge in [-0.1, -0.05) is 72.8 Å². The number of nitrogens with zero attached hydrogens (tertiary/aromatic N) is 3. The Kier molecular flexibility index (Phi) is 3.41. The Hall–Kier alpha value is -4.86. The summed E-state index contributed by atoms with van der Waals surface area (Å²) in [7, 11) is 0. The van der Waals surface area contributed by atoms with E-state index >= 15 is 0 Å². The van der Waals surface area contributed by atoms with Crippen LogP contribution in [-0.4, -0.2) is 4.57 Å². The van der Waals surface area contributed by atoms with Gasteiger partial charge in [0.25, 0.3) is 0 Å². The number of rotatable bonds is 1. The maximum absolute atomic E-state index is 10.00. The number of nitriles is 1. The average Bonchev–Trinajstić information content (AvgIpc) is 3.38. The largest absolute Gasteiger partial charge is 0.309 e. The van der Waals surface area contributed by atoms with Gasteiger partial charge in [0.1, 0.15) is 0 Å². The van der Waals surface area contributed by atoms with Crippen molar-refractivity contribution in [1.29, 1.82) is 5.26 Å². The molecule has 1 aliphatic rings. The molecule has 0 saturated heterocycles. The fourth-order valence-electron chi connectivity index (χ4n) is 5.50. The summed E-state index contributed by atoms with van der Waals surface area (Å²) in [6.07, 6.45) is 0. The molecule has 0 amide bonds. The summed E-state index contributed by atoms with van der Waals surface area (Å²) in [6.45, 7) is 7.57. The molecule has 1 heterocycles. The number of para-hydroxylation sites is 1. The molecule has 0 spiro atoms. The van der Waals surface area contributed by atoms with Crippen LogP contribution in [-0.2, 0) is 0 Å². The van der Waals surface area contributed by atoms with Crippen molar-refractivity contribution in [2.75, 3.05) is 0 Å². The number of aromatic nitrogens is 1. The van der Waals surface area contributed by atoms with Gasteiger partial charge in [0, 0.05) is 16.2 Å². The Morgan fingerprint density at radius 3 is 2.21 bits per heavy atom. The first kappa shape index (κ1) is 17.8. The Morgan fingerprint density at radius 1 is 0.697 bits per heavy atom. The fraction of sp³-hybridized carbons (Fsp3) is 0. The van der Waals surface area contributed by atoms with Crippen LogP contribution in [0, 0.1) is 17.9 Å². The molecular formula is C30H15N3. The maximum Gasteiger partial charge on any atom is 0.206 e. The Bertz CT molecular complexity index is 1890. The zero-order chi connectivity index (χ0) is 22.1. The van der Waals surface area contributed by atoms with Gasteiger partial charge in [-0.05, 0) is 45.8 Å². The van der Waals surface area contributed by atoms with Crippen LogP contribution in [0.4, 0.5) is 5.69 Å². The Morgan fingerprint density at radius 2 is 1.39 bits per heavy atom. The first-order chi connectivity index (χ1) is 16.3. The molecular weight excluding hydrogens is 402 g/mol. The lowest BCUT2D eigenvalue weighted by molar-refractivity contribution is 1.18. The van der Waals surface area contributed by atoms with Gasteiger partial charge in [-0.25, -0.2) is 4.85 Å². The third-order valence-corrected chi connectivity index (χ3v) is 6.79. The number of hydrogen-bond acceptors (Lipinski definition) is 1. The van der Waals surface area contributed by atoms with Crippen LogP contribution in [0.5, 0.6) is 0 Å². The maximum atomic E-state index is 10.00. The highest BCUT2D eigenvalue weighted by molar-refractivity contribution is 6.27. The van der Waals surface area contributed by atoms with Crippen LogP contribution >= 0.6 is 0 Å². The molecule has 7 rings (SSSR count). The van der Waals surface area contributed by atoms with E-state index in [2.05, 4.69) is 82.2 Å². The van der Waals surface area contributed by atoms with E-state index in [-0.39, 0.29) is 0 Å². The molecule has 33 heavy (non-hydrogen) atoms. The second kappa shape index (κ2) is 6.33. The van der Waals surface area contributed by atoms with Gasteiger partial charge in [-0.3, -0.25) is 0 Å². The van der Waals surface area contributed by atoms with Crippen molar-refractivity contribution < 1.29 is 0 Å². The summed E-state index contributed by atoms with van der Waals surface area (Å²) in [5, 5.41) is 14.7. The van der Waals surface area contributed by atoms with Gasteiger partial charge in [-0.15, -0.1) is 0 Å². The van der Waals surface area contributed by atoms with Crippen LogP contribution in [0.3, 0.4) is 0 Å². The summed E-state index contributed by atoms with van der Waals surface area (Å²) < 4.78 is 2.17. The predicted octanol–water partition coefficient (Wildman–Crippen LogP) is 8.01. The van der Waals surface area contributed by atoms with E-state index in [0.29, 0.717) is 11.3 Å². The van der Waals surface area contributed by atoms with E-state index in [1.807, 2.05) is 18.2 Å². The van der Waals surface area contributed by atoms with Gasteiger partial charge in [0.15, 0.2) is 0 Å². The second-order valence-corrected chi connectivity index (χ2v) is 8.34. The lowest BCUT2D eigenvalue weighted by atomic mass is 9.99. The van der Waals surface area contributed by atoms with Crippen LogP contribution in [0.25, 0.3) is 65.4 Å². The van der Waals surface area contributed by atoms with Gasteiger partial charge in [-0.2, -0.15) is 5.26 Å². The van der Waals surface area contributed by atoms with Crippen LogP contribution < -0.4 is 0 Å². The molecule has 5 aromatic carbocycles. The standard InChI is InChI=1S/C30H15N3/c1-32-26-13-7-15-28(25(26)17-31)33-27-14-5-4-10-20(27)24-16-23-19-9-3-2-8-18(19)21-11-6-12-22(29(21)23)30(24)33/h2-16H. The van der Waals surface area contributed by atoms with Crippen LogP contribution in [0.2, 0.25) is 0 Å². The quantitative estimate of drug-likeness (QED) is 0.249. The van der Waals surface area contributed by atoms with Gasteiger partial charge in [0.2, 0.25) is 5.69 Å². The van der Waals surface area contributed by atoms with Gasteiger partial charge >= 0.3 is 0 Å². The van der Waals surface area contributed by atoms with Crippen molar-refractivity contribution in [2.45, 2.75) is 0 Å². The summed E-state index contributed by atoms with van der Waals surface area (Å²) in [4.78, 5) is 3.61. The monoisotopic (exact) mass is 417 g/mol. The topological polar surface area (TPSA) is 33.1 Å². The SMILES string of the molecule is [C-]#[N+]c1cccc(-n2c3ccccc3c3cc4c5c(cccc5c32)-c2ccccc2-4)c1C#N. The van der Waals surface area contributed by atoms with E-state index in [0.717, 1.165) is 32.9 Å². The molecule has 0 unspecified atom stereocenters. The summed E-state index contributed by atoms with van der Waals surface area (Å²) in [5.74, 6) is 0. The second-order valence-electron chi connectivity index (χ2n) is 8.34. The molecule has 0 saturated carbocycles. The van der Waals surface area contributed by atoms with Gasteiger partial charge in [0.05, 0.1) is 34.9 Å². The number of benzene rings is 5. The molecule has 0 N–H and O–H groups in total. The van der Waals surface area contributed by atoms with Crippen molar-refractivity contribution in [3.63, 3.8) is 0 Å². The Balaban J connectivity index is 1.76. The third-order valence-electron chi connectivity index (χ3n) is 6.79. The lowest BCUT2D eigenvalue weighted by Crippen LogP contribution is -1.98. The molecule has 0 radical (unpaired) electrons. The third kappa shape index (κ3) is 2.16. The van der Waals surface area contributed by atoms with Crippen LogP contribution in [0.15, 0.2) is 91.0 Å². The minimum Gasteiger partial charge on any atom is -0.309 e. The lowest BCUT2D eigenvalue weighted by Gasteiger charge is -2.13. The molecule has 1 aliphatic carbocycles. The van der Waals surface area contributed by atoms with Crippen molar-refractivity contribution in [1.82, 2.24) is 4.57 Å². The van der Waals surface area contributed by atoms with E-state index in [9.17, 15) is 5.26 Å². The summed E-state index contributed by atoms with van der Waals surface area (Å²) in [5.41, 5.74) is 8.64. The van der Waals surface area contributed by atoms with E-state index < -0.39 is 0 Å². The first-order valence-corrected chi connectivity index (χ1v) is 10.8. The molecule has 150 valence electrons. The normalized spacial score (nSPS) is 11.6. The number of hydrogen-bond donors (Lipinski definition) is 0. The van der Waals surface area contributed by atoms with E-state index in [1.54, 1.807) is 6.07 Å². The fourth-order valence-corrected chi connectivity index (χ4v) is 5.50. The molecule has 1 aromatic heterocycles. The highest BCUT2D eigenvalue weighted by atomic mass is 15.0. The zero-order valence-corrected chi connectivity index (χ0v) is 17.5. The minimum absolute atomic E-state index is 0.374. The first-order valence-electron chi connectivity index (χ1n) is 10.8. The van der Waals surface area contributed by atoms with E-state index in [1.165, 1.54) is 27.6 Å². The smallest absolute Gasteiger partial charge is 0.206 e. The van der Waals surface area contributed by atoms with E-state index in [4.69, 9.17) is 6.57 Å². The minimum atomic E-state index is 0.374. The predicted molar refractivity (Wildman–Crippen MR) is 134 cm³/mol. The molecule has 3 nitrogen and oxygen atoms in total. The molecule has 0 bridgehead atoms. The molecule has 6 aromatic rings. The summed E-state index contributed by atoms with van der Waals surface area (Å²) in [6, 6.07) is 33.5. The molecule has 3 heteroatoms. The highest BCUT2D eigenvalue weighted by Gasteiger charge is 2.25. The molecule has 0 fully saturated rings. The van der Waals surface area contributed by atoms with Crippen LogP contribution in [0.1, 0.15) is 5.56 Å². The highest BCUT2D eigenvalue weighted by Crippen LogP contribution is 2.51. The number of fused-ring (bicyclic) bond motifs is 7. The molecule has 0 atom stereocenters. The summed E-state index contributed by atoms with van der Waals surface area (Å²) >= 11 is 0. The zero-order valence-electron chi connectivity index (χ0n) is 17.5.